The number of carbonyl (C=O) groups is 1. The summed E-state index contributed by atoms with van der Waals surface area (Å²) < 4.78 is 3.43. The third-order valence-corrected chi connectivity index (χ3v) is 3.40. The molecule has 0 amide bonds. The Bertz CT molecular complexity index is 475. The first kappa shape index (κ1) is 9.29. The molecule has 0 saturated carbocycles. The Morgan fingerprint density at radius 2 is 1.93 bits per heavy atom. The molecule has 0 radical (unpaired) electrons. The van der Waals surface area contributed by atoms with Crippen LogP contribution in [0.15, 0.2) is 23.2 Å². The first-order valence-corrected chi connectivity index (χ1v) is 5.65. The van der Waals surface area contributed by atoms with Gasteiger partial charge in [-0.25, -0.2) is 4.79 Å². The lowest BCUT2D eigenvalue weighted by atomic mass is 10.7. The minimum Gasteiger partial charge on any atom is -0.472 e. The van der Waals surface area contributed by atoms with Gasteiger partial charge in [-0.1, -0.05) is 22.7 Å². The molecular weight excluding hydrogens is 220 g/mol. The summed E-state index contributed by atoms with van der Waals surface area (Å²) in [7, 11) is 0. The van der Waals surface area contributed by atoms with Gasteiger partial charge >= 0.3 is 16.0 Å². The molecule has 2 heterocycles. The third kappa shape index (κ3) is 1.42. The average Bonchev–Trinajstić information content (AvgIpc) is 2.70. The van der Waals surface area contributed by atoms with E-state index in [9.17, 15) is 4.79 Å². The van der Waals surface area contributed by atoms with Gasteiger partial charge in [0.25, 0.3) is 12.4 Å². The van der Waals surface area contributed by atoms with Crippen LogP contribution >= 0.6 is 22.7 Å². The Balaban J connectivity index is 2.57. The molecule has 0 aliphatic heterocycles. The summed E-state index contributed by atoms with van der Waals surface area (Å²) in [5, 5.41) is 13.9. The molecule has 6 heteroatoms. The highest BCUT2D eigenvalue weighted by Crippen LogP contribution is 2.02. The lowest BCUT2D eigenvalue weighted by Crippen LogP contribution is -2.67. The predicted molar refractivity (Wildman–Crippen MR) is 51.5 cm³/mol. The number of carboxylic acid groups (broad SMARTS) is 1. The second kappa shape index (κ2) is 3.47. The zero-order chi connectivity index (χ0) is 10.1. The molecular formula is C8H8N2O2S2+2. The molecule has 2 aromatic rings. The molecule has 0 bridgehead atoms. The Hall–Kier alpha value is -1.27. The number of thiazole rings is 2. The molecule has 2 aromatic heterocycles. The summed E-state index contributed by atoms with van der Waals surface area (Å²) in [4.78, 5) is 10.9. The highest BCUT2D eigenvalue weighted by atomic mass is 32.1. The Kier molecular flexibility index (Phi) is 2.30. The van der Waals surface area contributed by atoms with E-state index < -0.39 is 5.97 Å². The maximum absolute atomic E-state index is 10.9. The molecule has 0 atom stereocenters. The van der Waals surface area contributed by atoms with Gasteiger partial charge in [-0.05, 0) is 0 Å². The number of aryl methyl sites for hydroxylation is 1. The Morgan fingerprint density at radius 1 is 1.29 bits per heavy atom. The van der Waals surface area contributed by atoms with Gasteiger partial charge in [0.2, 0.25) is 0 Å². The van der Waals surface area contributed by atoms with E-state index in [0.717, 1.165) is 5.01 Å². The van der Waals surface area contributed by atoms with Gasteiger partial charge in [0.1, 0.15) is 0 Å². The third-order valence-electron chi connectivity index (χ3n) is 1.77. The summed E-state index contributed by atoms with van der Waals surface area (Å²) in [5.41, 5.74) is 0. The molecule has 2 rings (SSSR count). The average molecular weight is 228 g/mol. The fraction of sp³-hybridized carbons (Fsp3) is 0.125. The number of hydrogen-bond donors (Lipinski definition) is 1. The van der Waals surface area contributed by atoms with Crippen molar-refractivity contribution in [2.45, 2.75) is 6.92 Å². The van der Waals surface area contributed by atoms with E-state index in [1.54, 1.807) is 27.6 Å². The second-order valence-corrected chi connectivity index (χ2v) is 4.62. The van der Waals surface area contributed by atoms with E-state index in [-0.39, 0.29) is 0 Å². The van der Waals surface area contributed by atoms with Crippen LogP contribution in [-0.4, -0.2) is 11.1 Å². The lowest BCUT2D eigenvalue weighted by molar-refractivity contribution is -1.29. The van der Waals surface area contributed by atoms with E-state index in [4.69, 9.17) is 5.11 Å². The smallest absolute Gasteiger partial charge is 0.419 e. The fourth-order valence-corrected chi connectivity index (χ4v) is 2.45. The van der Waals surface area contributed by atoms with Gasteiger partial charge in [0.15, 0.2) is 0 Å². The maximum atomic E-state index is 10.9. The molecule has 0 aromatic carbocycles. The molecule has 0 spiro atoms. The summed E-state index contributed by atoms with van der Waals surface area (Å²) in [6.45, 7) is 1.95. The standard InChI is InChI=1S/C8H7N2O2S2/c1-6-9(2-4-13-6)10-3-5-14-7(10)8(11)12/h2-5H,1H3/q+1/p+1. The quantitative estimate of drug-likeness (QED) is 0.769. The van der Waals surface area contributed by atoms with Crippen LogP contribution in [0.5, 0.6) is 0 Å². The van der Waals surface area contributed by atoms with Crippen LogP contribution in [0.25, 0.3) is 0 Å². The van der Waals surface area contributed by atoms with Crippen LogP contribution in [0.1, 0.15) is 14.8 Å². The molecule has 0 unspecified atom stereocenters. The maximum Gasteiger partial charge on any atom is 0.419 e. The molecule has 1 N–H and O–H groups in total. The number of nitrogens with zero attached hydrogens (tertiary/aromatic N) is 2. The van der Waals surface area contributed by atoms with Crippen LogP contribution in [0.4, 0.5) is 0 Å². The SMILES string of the molecule is Cc1scc[n+]1-[n+]1ccsc1C(=O)O. The van der Waals surface area contributed by atoms with Crippen LogP contribution < -0.4 is 9.35 Å². The zero-order valence-corrected chi connectivity index (χ0v) is 9.01. The molecule has 0 aliphatic rings. The topological polar surface area (TPSA) is 45.1 Å². The molecule has 0 fully saturated rings. The minimum absolute atomic E-state index is 0.302. The van der Waals surface area contributed by atoms with Gasteiger partial charge < -0.3 is 5.11 Å². The number of hydrogen-bond acceptors (Lipinski definition) is 3. The van der Waals surface area contributed by atoms with Gasteiger partial charge in [-0.3, -0.25) is 0 Å². The first-order valence-electron chi connectivity index (χ1n) is 3.89. The van der Waals surface area contributed by atoms with E-state index in [0.29, 0.717) is 5.01 Å². The van der Waals surface area contributed by atoms with Crippen molar-refractivity contribution in [3.63, 3.8) is 0 Å². The molecule has 4 nitrogen and oxygen atoms in total. The van der Waals surface area contributed by atoms with Crippen molar-refractivity contribution in [2.75, 3.05) is 0 Å². The number of aromatic nitrogens is 2. The van der Waals surface area contributed by atoms with E-state index >= 15 is 0 Å². The van der Waals surface area contributed by atoms with E-state index in [1.807, 2.05) is 23.2 Å². The van der Waals surface area contributed by atoms with Crippen molar-refractivity contribution in [3.05, 3.63) is 33.2 Å². The van der Waals surface area contributed by atoms with Crippen molar-refractivity contribution in [2.24, 2.45) is 0 Å². The molecule has 0 aliphatic carbocycles. The minimum atomic E-state index is -0.905. The molecule has 14 heavy (non-hydrogen) atoms. The number of rotatable bonds is 2. The highest BCUT2D eigenvalue weighted by Gasteiger charge is 2.30. The summed E-state index contributed by atoms with van der Waals surface area (Å²) >= 11 is 2.79. The van der Waals surface area contributed by atoms with Crippen LogP contribution in [-0.2, 0) is 0 Å². The van der Waals surface area contributed by atoms with Gasteiger partial charge in [-0.15, -0.1) is 0 Å². The van der Waals surface area contributed by atoms with Gasteiger partial charge in [-0.2, -0.15) is 0 Å². The van der Waals surface area contributed by atoms with E-state index in [1.165, 1.54) is 11.3 Å². The van der Waals surface area contributed by atoms with Crippen LogP contribution in [0.2, 0.25) is 0 Å². The number of carboxylic acids is 1. The zero-order valence-electron chi connectivity index (χ0n) is 7.38. The van der Waals surface area contributed by atoms with E-state index in [2.05, 4.69) is 0 Å². The second-order valence-electron chi connectivity index (χ2n) is 2.62. The number of aromatic carboxylic acids is 1. The van der Waals surface area contributed by atoms with Crippen molar-refractivity contribution < 1.29 is 19.3 Å². The summed E-state index contributed by atoms with van der Waals surface area (Å²) in [6.07, 6.45) is 3.59. The van der Waals surface area contributed by atoms with Crippen molar-refractivity contribution >= 4 is 28.6 Å². The Morgan fingerprint density at radius 3 is 2.50 bits per heavy atom. The van der Waals surface area contributed by atoms with Crippen molar-refractivity contribution in [1.29, 1.82) is 0 Å². The van der Waals surface area contributed by atoms with Crippen LogP contribution in [0.3, 0.4) is 0 Å². The Labute approximate surface area is 88.3 Å². The molecule has 72 valence electrons. The normalized spacial score (nSPS) is 10.4. The predicted octanol–water partition coefficient (Wildman–Crippen LogP) is 0.703. The van der Waals surface area contributed by atoms with Gasteiger partial charge in [0, 0.05) is 6.92 Å². The lowest BCUT2D eigenvalue weighted by Gasteiger charge is -1.83. The monoisotopic (exact) mass is 228 g/mol. The first-order chi connectivity index (χ1) is 6.70. The van der Waals surface area contributed by atoms with Crippen molar-refractivity contribution in [1.82, 2.24) is 0 Å². The molecule has 0 saturated heterocycles. The highest BCUT2D eigenvalue weighted by molar-refractivity contribution is 7.11. The fourth-order valence-electron chi connectivity index (χ4n) is 1.16. The summed E-state index contributed by atoms with van der Waals surface area (Å²) in [5.74, 6) is -0.905. The van der Waals surface area contributed by atoms with Crippen molar-refractivity contribution in [3.8, 4) is 0 Å². The van der Waals surface area contributed by atoms with Gasteiger partial charge in [0.05, 0.1) is 20.1 Å². The summed E-state index contributed by atoms with van der Waals surface area (Å²) in [6, 6.07) is 0. The van der Waals surface area contributed by atoms with Crippen LogP contribution in [0, 0.1) is 6.92 Å². The largest absolute Gasteiger partial charge is 0.472 e.